The average molecular weight is 934 g/mol. The minimum atomic E-state index is -4.71. The smallest absolute Gasteiger partial charge is 0.416 e. The molecule has 0 aliphatic carbocycles. The highest BCUT2D eigenvalue weighted by molar-refractivity contribution is 8.13. The van der Waals surface area contributed by atoms with Crippen LogP contribution in [0.15, 0.2) is 60.8 Å². The van der Waals surface area contributed by atoms with Crippen LogP contribution in [0.2, 0.25) is 0 Å². The molecule has 0 spiro atoms. The van der Waals surface area contributed by atoms with E-state index < -0.39 is 93.4 Å². The second-order valence-corrected chi connectivity index (χ2v) is 19.0. The fourth-order valence-electron chi connectivity index (χ4n) is 5.81. The van der Waals surface area contributed by atoms with Crippen LogP contribution in [0.3, 0.4) is 0 Å². The van der Waals surface area contributed by atoms with Crippen molar-refractivity contribution in [3.05, 3.63) is 71.9 Å². The molecule has 2 aromatic carbocycles. The molecule has 17 nitrogen and oxygen atoms in total. The van der Waals surface area contributed by atoms with E-state index in [2.05, 4.69) is 31.6 Å². The number of anilines is 1. The summed E-state index contributed by atoms with van der Waals surface area (Å²) in [5.41, 5.74) is -2.86. The number of amides is 6. The van der Waals surface area contributed by atoms with Crippen LogP contribution in [-0.4, -0.2) is 106 Å². The van der Waals surface area contributed by atoms with Crippen molar-refractivity contribution in [3.8, 4) is 0 Å². The van der Waals surface area contributed by atoms with Gasteiger partial charge in [0.15, 0.2) is 5.12 Å². The molecule has 0 unspecified atom stereocenters. The zero-order valence-electron chi connectivity index (χ0n) is 38.1. The number of nitrogens with one attached hydrogen (secondary N) is 5. The van der Waals surface area contributed by atoms with Crippen LogP contribution < -0.4 is 26.6 Å². The maximum Gasteiger partial charge on any atom is 0.416 e. The molecule has 0 radical (unpaired) electrons. The Morgan fingerprint density at radius 1 is 0.708 bits per heavy atom. The number of carbonyl (C=O) groups is 7. The highest BCUT2D eigenvalue weighted by atomic mass is 32.2. The third-order valence-electron chi connectivity index (χ3n) is 8.45. The lowest BCUT2D eigenvalue weighted by Crippen LogP contribution is -2.56. The molecule has 6 amide bonds. The Kier molecular flexibility index (Phi) is 18.6. The topological polar surface area (TPSA) is 223 Å². The maximum absolute atomic E-state index is 14.5. The van der Waals surface area contributed by atoms with Crippen molar-refractivity contribution in [1.82, 2.24) is 31.2 Å². The summed E-state index contributed by atoms with van der Waals surface area (Å²) in [7, 11) is 0. The Labute approximate surface area is 380 Å². The molecule has 0 bridgehead atoms. The minimum absolute atomic E-state index is 0.0511. The van der Waals surface area contributed by atoms with Gasteiger partial charge in [-0.3, -0.25) is 24.2 Å². The van der Waals surface area contributed by atoms with Crippen molar-refractivity contribution in [1.29, 1.82) is 0 Å². The van der Waals surface area contributed by atoms with Crippen LogP contribution in [0.5, 0.6) is 0 Å². The summed E-state index contributed by atoms with van der Waals surface area (Å²) in [5, 5.41) is 11.4. The molecule has 356 valence electrons. The molecule has 0 aliphatic heterocycles. The average Bonchev–Trinajstić information content (AvgIpc) is 3.15. The molecule has 21 heteroatoms. The molecular formula is C44H58F3N7O10S. The van der Waals surface area contributed by atoms with Gasteiger partial charge in [0.05, 0.1) is 22.8 Å². The number of ether oxygens (including phenoxy) is 3. The first-order valence-corrected chi connectivity index (χ1v) is 21.4. The van der Waals surface area contributed by atoms with E-state index in [1.54, 1.807) is 92.8 Å². The summed E-state index contributed by atoms with van der Waals surface area (Å²) >= 11 is 0.557. The largest absolute Gasteiger partial charge is 0.444 e. The van der Waals surface area contributed by atoms with E-state index in [1.807, 2.05) is 0 Å². The number of thioether (sulfide) groups is 1. The molecule has 3 aromatic rings. The Bertz CT molecular complexity index is 2140. The van der Waals surface area contributed by atoms with Crippen molar-refractivity contribution in [2.24, 2.45) is 0 Å². The second-order valence-electron chi connectivity index (χ2n) is 17.7. The lowest BCUT2D eigenvalue weighted by molar-refractivity contribution is -0.137. The number of alkyl carbamates (subject to hydrolysis) is 3. The number of hydrogen-bond donors (Lipinski definition) is 5. The van der Waals surface area contributed by atoms with Gasteiger partial charge in [0.25, 0.3) is 0 Å². The number of halogens is 3. The summed E-state index contributed by atoms with van der Waals surface area (Å²) in [5.74, 6) is -2.81. The minimum Gasteiger partial charge on any atom is -0.444 e. The molecule has 65 heavy (non-hydrogen) atoms. The molecule has 1 heterocycles. The molecule has 0 saturated heterocycles. The SMILES string of the molecule is CC(=O)S[C@@H](c1ccc(C(F)(F)F)cc1)[C@H](NC(=O)[C@H](CC(=O)N(CCNC(=O)OC(C)(C)C)CCNC(=O)OC(C)(C)C)NC(=O)OC(C)(C)C)C(=O)Nc1ccc2ncccc2c1. The lowest BCUT2D eigenvalue weighted by atomic mass is 10.0. The van der Waals surface area contributed by atoms with E-state index >= 15 is 0 Å². The Morgan fingerprint density at radius 3 is 1.75 bits per heavy atom. The van der Waals surface area contributed by atoms with E-state index in [-0.39, 0.29) is 37.4 Å². The van der Waals surface area contributed by atoms with Gasteiger partial charge in [0.2, 0.25) is 17.7 Å². The fraction of sp³-hybridized carbons (Fsp3) is 0.500. The molecular weight excluding hydrogens is 876 g/mol. The Balaban J connectivity index is 2.06. The summed E-state index contributed by atoms with van der Waals surface area (Å²) in [4.78, 5) is 99.3. The quantitative estimate of drug-likeness (QED) is 0.0930. The van der Waals surface area contributed by atoms with Crippen molar-refractivity contribution in [2.75, 3.05) is 31.5 Å². The van der Waals surface area contributed by atoms with Gasteiger partial charge >= 0.3 is 24.5 Å². The summed E-state index contributed by atoms with van der Waals surface area (Å²) < 4.78 is 56.8. The zero-order chi connectivity index (χ0) is 48.9. The Hall–Kier alpha value is -6.12. The first kappa shape index (κ1) is 53.2. The third-order valence-corrected chi connectivity index (χ3v) is 9.58. The van der Waals surface area contributed by atoms with Crippen molar-refractivity contribution < 1.29 is 60.9 Å². The third kappa shape index (κ3) is 19.3. The van der Waals surface area contributed by atoms with E-state index in [9.17, 15) is 46.7 Å². The van der Waals surface area contributed by atoms with Gasteiger partial charge in [-0.1, -0.05) is 30.0 Å². The van der Waals surface area contributed by atoms with E-state index in [0.29, 0.717) is 22.7 Å². The Morgan fingerprint density at radius 2 is 1.25 bits per heavy atom. The maximum atomic E-state index is 14.5. The lowest BCUT2D eigenvalue weighted by Gasteiger charge is -2.30. The van der Waals surface area contributed by atoms with Gasteiger partial charge in [0.1, 0.15) is 28.9 Å². The van der Waals surface area contributed by atoms with E-state index in [0.717, 1.165) is 24.3 Å². The summed E-state index contributed by atoms with van der Waals surface area (Å²) in [6.45, 7) is 15.2. The van der Waals surface area contributed by atoms with Gasteiger partial charge in [-0.2, -0.15) is 13.2 Å². The number of alkyl halides is 3. The standard InChI is InChI=1S/C44H58F3N7O10S/c1-26(55)65-35(27-13-15-29(16-14-27)44(45,46)47)34(37(58)51-30-17-18-31-28(24-30)12-11-19-48-31)53-36(57)32(52-40(61)64-43(8,9)10)25-33(56)54(22-20-49-38(59)62-41(2,3)4)23-21-50-39(60)63-42(5,6)7/h11-19,24,32,34-35H,20-23,25H2,1-10H3,(H,49,59)(H,50,60)(H,51,58)(H,52,61)(H,53,57)/t32-,34-,35-/m0/s1. The van der Waals surface area contributed by atoms with Crippen molar-refractivity contribution in [3.63, 3.8) is 0 Å². The fourth-order valence-corrected chi connectivity index (χ4v) is 6.79. The molecule has 0 aliphatic rings. The van der Waals surface area contributed by atoms with Crippen LogP contribution in [0, 0.1) is 0 Å². The van der Waals surface area contributed by atoms with E-state index in [1.165, 1.54) is 17.9 Å². The van der Waals surface area contributed by atoms with Gasteiger partial charge in [-0.15, -0.1) is 0 Å². The highest BCUT2D eigenvalue weighted by Gasteiger charge is 2.38. The monoisotopic (exact) mass is 933 g/mol. The molecule has 3 atom stereocenters. The normalized spacial score (nSPS) is 13.3. The second kappa shape index (κ2) is 22.7. The van der Waals surface area contributed by atoms with Crippen molar-refractivity contribution in [2.45, 2.75) is 116 Å². The number of fused-ring (bicyclic) bond motifs is 1. The van der Waals surface area contributed by atoms with Gasteiger partial charge in [0, 0.05) is 50.4 Å². The summed E-state index contributed by atoms with van der Waals surface area (Å²) in [6.07, 6.45) is -6.60. The zero-order valence-corrected chi connectivity index (χ0v) is 38.9. The van der Waals surface area contributed by atoms with Gasteiger partial charge in [-0.05, 0) is 104 Å². The number of rotatable bonds is 16. The molecule has 3 rings (SSSR count). The molecule has 0 fully saturated rings. The molecule has 0 saturated carbocycles. The molecule has 1 aromatic heterocycles. The van der Waals surface area contributed by atoms with Gasteiger partial charge < -0.3 is 45.7 Å². The van der Waals surface area contributed by atoms with Crippen LogP contribution in [-0.2, 0) is 39.6 Å². The van der Waals surface area contributed by atoms with Crippen LogP contribution in [0.4, 0.5) is 33.2 Å². The van der Waals surface area contributed by atoms with Crippen LogP contribution >= 0.6 is 11.8 Å². The van der Waals surface area contributed by atoms with Crippen LogP contribution in [0.1, 0.15) is 92.0 Å². The molecule has 5 N–H and O–H groups in total. The number of hydrogen-bond acceptors (Lipinski definition) is 12. The first-order chi connectivity index (χ1) is 30.0. The predicted molar refractivity (Wildman–Crippen MR) is 238 cm³/mol. The number of nitrogens with zero attached hydrogens (tertiary/aromatic N) is 2. The van der Waals surface area contributed by atoms with Crippen LogP contribution in [0.25, 0.3) is 10.9 Å². The predicted octanol–water partition coefficient (Wildman–Crippen LogP) is 6.86. The van der Waals surface area contributed by atoms with E-state index in [4.69, 9.17) is 14.2 Å². The number of aromatic nitrogens is 1. The first-order valence-electron chi connectivity index (χ1n) is 20.5. The van der Waals surface area contributed by atoms with Crippen molar-refractivity contribution >= 4 is 69.5 Å². The number of benzene rings is 2. The van der Waals surface area contributed by atoms with Gasteiger partial charge in [-0.25, -0.2) is 14.4 Å². The highest BCUT2D eigenvalue weighted by Crippen LogP contribution is 2.36. The summed E-state index contributed by atoms with van der Waals surface area (Å²) in [6, 6.07) is 8.35. The number of carbonyl (C=O) groups excluding carboxylic acids is 7. The number of pyridine rings is 1.